The summed E-state index contributed by atoms with van der Waals surface area (Å²) < 4.78 is 33.0. The number of methoxy groups -OCH3 is 1. The van der Waals surface area contributed by atoms with Gasteiger partial charge in [-0.2, -0.15) is 4.31 Å². The van der Waals surface area contributed by atoms with E-state index < -0.39 is 10.0 Å². The molecule has 1 fully saturated rings. The molecule has 0 N–H and O–H groups in total. The van der Waals surface area contributed by atoms with Gasteiger partial charge in [0, 0.05) is 32.6 Å². The number of sulfonamides is 1. The lowest BCUT2D eigenvalue weighted by Gasteiger charge is -2.32. The van der Waals surface area contributed by atoms with Gasteiger partial charge in [-0.05, 0) is 43.0 Å². The number of aryl methyl sites for hydroxylation is 1. The van der Waals surface area contributed by atoms with E-state index in [2.05, 4.69) is 0 Å². The molecule has 0 saturated carbocycles. The zero-order valence-electron chi connectivity index (χ0n) is 17.2. The van der Waals surface area contributed by atoms with Crippen LogP contribution in [0.2, 0.25) is 0 Å². The number of ether oxygens (including phenoxy) is 1. The molecule has 0 aliphatic carbocycles. The summed E-state index contributed by atoms with van der Waals surface area (Å²) in [4.78, 5) is 14.7. The Kier molecular flexibility index (Phi) is 6.59. The van der Waals surface area contributed by atoms with Crippen LogP contribution in [-0.4, -0.2) is 50.8 Å². The van der Waals surface area contributed by atoms with Crippen LogP contribution in [0.15, 0.2) is 53.4 Å². The van der Waals surface area contributed by atoms with E-state index in [1.807, 2.05) is 43.3 Å². The number of amides is 1. The van der Waals surface area contributed by atoms with Gasteiger partial charge in [-0.25, -0.2) is 8.42 Å². The molecule has 1 aliphatic rings. The van der Waals surface area contributed by atoms with Crippen molar-refractivity contribution in [2.45, 2.75) is 31.2 Å². The molecule has 1 heterocycles. The summed E-state index contributed by atoms with van der Waals surface area (Å²) in [5, 5.41) is 0. The molecule has 0 bridgehead atoms. The molecule has 1 amide bonds. The van der Waals surface area contributed by atoms with E-state index in [4.69, 9.17) is 4.74 Å². The third-order valence-electron chi connectivity index (χ3n) is 5.38. The SMILES string of the molecule is COc1ccc(C)cc1S(=O)(=O)N1CCC(C(=O)N(C)Cc2ccccc2)CC1. The summed E-state index contributed by atoms with van der Waals surface area (Å²) in [6, 6.07) is 15.0. The predicted molar refractivity (Wildman–Crippen MR) is 112 cm³/mol. The number of rotatable bonds is 6. The Labute approximate surface area is 173 Å². The first-order valence-electron chi connectivity index (χ1n) is 9.76. The van der Waals surface area contributed by atoms with Crippen molar-refractivity contribution in [3.05, 3.63) is 59.7 Å². The second-order valence-corrected chi connectivity index (χ2v) is 9.42. The number of hydrogen-bond donors (Lipinski definition) is 0. The largest absolute Gasteiger partial charge is 0.495 e. The third kappa shape index (κ3) is 4.79. The fraction of sp³-hybridized carbons (Fsp3) is 0.409. The second-order valence-electron chi connectivity index (χ2n) is 7.51. The van der Waals surface area contributed by atoms with Gasteiger partial charge < -0.3 is 9.64 Å². The molecule has 7 heteroatoms. The normalized spacial score (nSPS) is 15.8. The Balaban J connectivity index is 1.65. The lowest BCUT2D eigenvalue weighted by atomic mass is 9.96. The number of nitrogens with zero attached hydrogens (tertiary/aromatic N) is 2. The average molecular weight is 417 g/mol. The van der Waals surface area contributed by atoms with E-state index in [0.717, 1.165) is 11.1 Å². The number of benzene rings is 2. The summed E-state index contributed by atoms with van der Waals surface area (Å²) in [7, 11) is -0.391. The van der Waals surface area contributed by atoms with Crippen molar-refractivity contribution in [1.82, 2.24) is 9.21 Å². The lowest BCUT2D eigenvalue weighted by molar-refractivity contribution is -0.135. The first kappa shape index (κ1) is 21.3. The summed E-state index contributed by atoms with van der Waals surface area (Å²) in [6.45, 7) is 3.06. The van der Waals surface area contributed by atoms with Crippen molar-refractivity contribution in [2.75, 3.05) is 27.2 Å². The monoisotopic (exact) mass is 416 g/mol. The minimum absolute atomic E-state index is 0.0686. The third-order valence-corrected chi connectivity index (χ3v) is 7.30. The van der Waals surface area contributed by atoms with Gasteiger partial charge in [0.05, 0.1) is 7.11 Å². The van der Waals surface area contributed by atoms with Crippen molar-refractivity contribution in [3.63, 3.8) is 0 Å². The van der Waals surface area contributed by atoms with E-state index in [1.54, 1.807) is 24.1 Å². The molecular weight excluding hydrogens is 388 g/mol. The second kappa shape index (κ2) is 8.97. The summed E-state index contributed by atoms with van der Waals surface area (Å²) in [5.74, 6) is 0.255. The van der Waals surface area contributed by atoms with Gasteiger partial charge in [-0.1, -0.05) is 36.4 Å². The van der Waals surface area contributed by atoms with Crippen LogP contribution < -0.4 is 4.74 Å². The Morgan fingerprint density at radius 2 is 1.79 bits per heavy atom. The van der Waals surface area contributed by atoms with Gasteiger partial charge in [-0.15, -0.1) is 0 Å². The quantitative estimate of drug-likeness (QED) is 0.726. The van der Waals surface area contributed by atoms with E-state index in [9.17, 15) is 13.2 Å². The Bertz CT molecular complexity index is 952. The zero-order chi connectivity index (χ0) is 21.0. The standard InChI is InChI=1S/C22H28N2O4S/c1-17-9-10-20(28-3)21(15-17)29(26,27)24-13-11-19(12-14-24)22(25)23(2)16-18-7-5-4-6-8-18/h4-10,15,19H,11-14,16H2,1-3H3. The van der Waals surface area contributed by atoms with Crippen molar-refractivity contribution in [2.24, 2.45) is 5.92 Å². The highest BCUT2D eigenvalue weighted by atomic mass is 32.2. The zero-order valence-corrected chi connectivity index (χ0v) is 18.0. The fourth-order valence-electron chi connectivity index (χ4n) is 3.71. The van der Waals surface area contributed by atoms with Crippen LogP contribution in [0.1, 0.15) is 24.0 Å². The maximum absolute atomic E-state index is 13.1. The number of hydrogen-bond acceptors (Lipinski definition) is 4. The Hall–Kier alpha value is -2.38. The molecule has 2 aromatic carbocycles. The molecule has 0 spiro atoms. The molecule has 156 valence electrons. The Morgan fingerprint density at radius 1 is 1.14 bits per heavy atom. The molecule has 0 aromatic heterocycles. The van der Waals surface area contributed by atoms with E-state index >= 15 is 0 Å². The van der Waals surface area contributed by atoms with Crippen molar-refractivity contribution in [3.8, 4) is 5.75 Å². The van der Waals surface area contributed by atoms with Gasteiger partial charge >= 0.3 is 0 Å². The van der Waals surface area contributed by atoms with Crippen LogP contribution in [-0.2, 0) is 21.4 Å². The predicted octanol–water partition coefficient (Wildman–Crippen LogP) is 3.06. The van der Waals surface area contributed by atoms with Crippen molar-refractivity contribution in [1.29, 1.82) is 0 Å². The molecule has 1 saturated heterocycles. The summed E-state index contributed by atoms with van der Waals surface area (Å²) in [6.07, 6.45) is 1.04. The van der Waals surface area contributed by atoms with Crippen LogP contribution in [0, 0.1) is 12.8 Å². The molecule has 2 aromatic rings. The minimum atomic E-state index is -3.66. The molecule has 0 unspecified atom stereocenters. The summed E-state index contributed by atoms with van der Waals surface area (Å²) >= 11 is 0. The van der Waals surface area contributed by atoms with Crippen molar-refractivity contribution >= 4 is 15.9 Å². The molecule has 1 aliphatic heterocycles. The van der Waals surface area contributed by atoms with Crippen LogP contribution in [0.5, 0.6) is 5.75 Å². The number of piperidine rings is 1. The van der Waals surface area contributed by atoms with E-state index in [1.165, 1.54) is 11.4 Å². The Morgan fingerprint density at radius 3 is 2.41 bits per heavy atom. The molecule has 3 rings (SSSR count). The van der Waals surface area contributed by atoms with Crippen LogP contribution >= 0.6 is 0 Å². The van der Waals surface area contributed by atoms with E-state index in [-0.39, 0.29) is 16.7 Å². The molecular formula is C22H28N2O4S. The van der Waals surface area contributed by atoms with Gasteiger partial charge in [-0.3, -0.25) is 4.79 Å². The van der Waals surface area contributed by atoms with Crippen LogP contribution in [0.25, 0.3) is 0 Å². The molecule has 0 atom stereocenters. The van der Waals surface area contributed by atoms with Crippen LogP contribution in [0.3, 0.4) is 0 Å². The summed E-state index contributed by atoms with van der Waals surface area (Å²) in [5.41, 5.74) is 1.94. The highest BCUT2D eigenvalue weighted by molar-refractivity contribution is 7.89. The maximum atomic E-state index is 13.1. The average Bonchev–Trinajstić information content (AvgIpc) is 2.74. The molecule has 6 nitrogen and oxygen atoms in total. The van der Waals surface area contributed by atoms with E-state index in [0.29, 0.717) is 38.2 Å². The molecule has 29 heavy (non-hydrogen) atoms. The maximum Gasteiger partial charge on any atom is 0.246 e. The van der Waals surface area contributed by atoms with Crippen LogP contribution in [0.4, 0.5) is 0 Å². The first-order valence-corrected chi connectivity index (χ1v) is 11.2. The topological polar surface area (TPSA) is 66.9 Å². The van der Waals surface area contributed by atoms with Gasteiger partial charge in [0.25, 0.3) is 0 Å². The minimum Gasteiger partial charge on any atom is -0.495 e. The van der Waals surface area contributed by atoms with Crippen molar-refractivity contribution < 1.29 is 17.9 Å². The van der Waals surface area contributed by atoms with Gasteiger partial charge in [0.1, 0.15) is 10.6 Å². The highest BCUT2D eigenvalue weighted by Crippen LogP contribution is 2.31. The first-order chi connectivity index (χ1) is 13.8. The van der Waals surface area contributed by atoms with Gasteiger partial charge in [0.15, 0.2) is 0 Å². The fourth-order valence-corrected chi connectivity index (χ4v) is 5.42. The number of carbonyl (C=O) groups excluding carboxylic acids is 1. The van der Waals surface area contributed by atoms with Gasteiger partial charge in [0.2, 0.25) is 15.9 Å². The highest BCUT2D eigenvalue weighted by Gasteiger charge is 2.34. The lowest BCUT2D eigenvalue weighted by Crippen LogP contribution is -2.43. The smallest absolute Gasteiger partial charge is 0.246 e. The molecule has 0 radical (unpaired) electrons. The number of carbonyl (C=O) groups is 1.